The van der Waals surface area contributed by atoms with Gasteiger partial charge in [0.15, 0.2) is 17.5 Å². The van der Waals surface area contributed by atoms with Crippen molar-refractivity contribution < 1.29 is 0 Å². The molecule has 0 bridgehead atoms. The van der Waals surface area contributed by atoms with Crippen LogP contribution in [0.4, 0.5) is 0 Å². The summed E-state index contributed by atoms with van der Waals surface area (Å²) in [5, 5.41) is 3.73. The quantitative estimate of drug-likeness (QED) is 0.174. The van der Waals surface area contributed by atoms with Gasteiger partial charge in [-0.15, -0.1) is 0 Å². The van der Waals surface area contributed by atoms with Gasteiger partial charge in [0.1, 0.15) is 0 Å². The molecule has 0 amide bonds. The summed E-state index contributed by atoms with van der Waals surface area (Å²) >= 11 is 0. The fourth-order valence-electron chi connectivity index (χ4n) is 10.4. The van der Waals surface area contributed by atoms with E-state index in [-0.39, 0.29) is 0 Å². The predicted octanol–water partition coefficient (Wildman–Crippen LogP) is 14.0. The normalized spacial score (nSPS) is 13.0. The first-order valence-electron chi connectivity index (χ1n) is 21.2. The molecule has 11 aromatic rings. The van der Waals surface area contributed by atoms with Crippen LogP contribution in [0.25, 0.3) is 94.9 Å². The Balaban J connectivity index is 1.08. The molecule has 4 nitrogen and oxygen atoms in total. The van der Waals surface area contributed by atoms with Gasteiger partial charge in [0.05, 0.1) is 10.9 Å². The SMILES string of the molecule is c1ccc(-c2nc(-c3ccccc3)nc(-c3ccc4c(c3)C3(c5ccccc5-c5ccccc53)c3cc(-c5cn(-c6ccccc6)c6ccc7ccccc7c56)ccc3-4)n2)cc1. The van der Waals surface area contributed by atoms with Crippen LogP contribution < -0.4 is 0 Å². The molecule has 1 spiro atoms. The molecule has 0 N–H and O–H groups in total. The van der Waals surface area contributed by atoms with Crippen molar-refractivity contribution >= 4 is 21.7 Å². The molecule has 4 heteroatoms. The number of aromatic nitrogens is 4. The Morgan fingerprint density at radius 1 is 0.339 bits per heavy atom. The molecule has 2 heterocycles. The number of rotatable bonds is 5. The lowest BCUT2D eigenvalue weighted by Gasteiger charge is -2.31. The monoisotopic (exact) mass is 788 g/mol. The van der Waals surface area contributed by atoms with Crippen LogP contribution in [0.1, 0.15) is 22.3 Å². The summed E-state index contributed by atoms with van der Waals surface area (Å²) in [6.07, 6.45) is 2.34. The highest BCUT2D eigenvalue weighted by Gasteiger charge is 2.52. The molecule has 0 saturated heterocycles. The Labute approximate surface area is 359 Å². The highest BCUT2D eigenvalue weighted by molar-refractivity contribution is 6.14. The van der Waals surface area contributed by atoms with Crippen molar-refractivity contribution in [1.29, 1.82) is 0 Å². The van der Waals surface area contributed by atoms with Crippen LogP contribution in [-0.4, -0.2) is 19.5 Å². The van der Waals surface area contributed by atoms with Gasteiger partial charge >= 0.3 is 0 Å². The molecule has 0 radical (unpaired) electrons. The molecule has 62 heavy (non-hydrogen) atoms. The van der Waals surface area contributed by atoms with Gasteiger partial charge in [-0.1, -0.05) is 182 Å². The summed E-state index contributed by atoms with van der Waals surface area (Å²) in [6, 6.07) is 76.4. The minimum Gasteiger partial charge on any atom is -0.316 e. The number of para-hydroxylation sites is 1. The summed E-state index contributed by atoms with van der Waals surface area (Å²) in [4.78, 5) is 15.4. The Morgan fingerprint density at radius 3 is 1.45 bits per heavy atom. The fourth-order valence-corrected chi connectivity index (χ4v) is 10.4. The molecule has 0 unspecified atom stereocenters. The fraction of sp³-hybridized carbons (Fsp3) is 0.0172. The molecule has 9 aromatic carbocycles. The third-order valence-electron chi connectivity index (χ3n) is 13.1. The maximum Gasteiger partial charge on any atom is 0.164 e. The minimum absolute atomic E-state index is 0.582. The van der Waals surface area contributed by atoms with E-state index in [0.29, 0.717) is 17.5 Å². The van der Waals surface area contributed by atoms with E-state index < -0.39 is 5.41 Å². The van der Waals surface area contributed by atoms with E-state index >= 15 is 0 Å². The van der Waals surface area contributed by atoms with Crippen LogP contribution in [0.15, 0.2) is 219 Å². The Kier molecular flexibility index (Phi) is 7.49. The largest absolute Gasteiger partial charge is 0.316 e. The first-order chi connectivity index (χ1) is 30.7. The molecule has 2 aliphatic rings. The van der Waals surface area contributed by atoms with Crippen LogP contribution in [0.2, 0.25) is 0 Å². The van der Waals surface area contributed by atoms with Gasteiger partial charge < -0.3 is 4.57 Å². The summed E-state index contributed by atoms with van der Waals surface area (Å²) in [7, 11) is 0. The first kappa shape index (κ1) is 34.6. The van der Waals surface area contributed by atoms with Crippen molar-refractivity contribution in [2.75, 3.05) is 0 Å². The summed E-state index contributed by atoms with van der Waals surface area (Å²) in [5.41, 5.74) is 17.1. The molecule has 0 fully saturated rings. The minimum atomic E-state index is -0.582. The number of fused-ring (bicyclic) bond motifs is 13. The topological polar surface area (TPSA) is 43.6 Å². The third-order valence-corrected chi connectivity index (χ3v) is 13.1. The zero-order valence-electron chi connectivity index (χ0n) is 33.6. The van der Waals surface area contributed by atoms with E-state index in [2.05, 4.69) is 187 Å². The van der Waals surface area contributed by atoms with Gasteiger partial charge in [0.25, 0.3) is 0 Å². The van der Waals surface area contributed by atoms with Gasteiger partial charge in [0, 0.05) is 39.5 Å². The lowest BCUT2D eigenvalue weighted by atomic mass is 9.70. The van der Waals surface area contributed by atoms with Gasteiger partial charge in [-0.2, -0.15) is 0 Å². The summed E-state index contributed by atoms with van der Waals surface area (Å²) < 4.78 is 2.35. The molecule has 288 valence electrons. The molecular formula is C58H36N4. The Hall–Kier alpha value is -8.21. The van der Waals surface area contributed by atoms with E-state index in [0.717, 1.165) is 22.4 Å². The second-order valence-corrected chi connectivity index (χ2v) is 16.3. The number of benzene rings is 9. The molecular weight excluding hydrogens is 753 g/mol. The molecule has 0 atom stereocenters. The Bertz CT molecular complexity index is 3470. The van der Waals surface area contributed by atoms with E-state index in [1.807, 2.05) is 36.4 Å². The van der Waals surface area contributed by atoms with Crippen molar-refractivity contribution in [1.82, 2.24) is 19.5 Å². The highest BCUT2D eigenvalue weighted by Crippen LogP contribution is 2.63. The van der Waals surface area contributed by atoms with Crippen LogP contribution in [-0.2, 0) is 5.41 Å². The van der Waals surface area contributed by atoms with Crippen molar-refractivity contribution in [3.05, 3.63) is 241 Å². The molecule has 13 rings (SSSR count). The van der Waals surface area contributed by atoms with Crippen LogP contribution in [0.3, 0.4) is 0 Å². The van der Waals surface area contributed by atoms with E-state index in [1.54, 1.807) is 0 Å². The average Bonchev–Trinajstić information content (AvgIpc) is 3.99. The zero-order valence-corrected chi connectivity index (χ0v) is 33.6. The number of hydrogen-bond acceptors (Lipinski definition) is 3. The lowest BCUT2D eigenvalue weighted by molar-refractivity contribution is 0.794. The van der Waals surface area contributed by atoms with Gasteiger partial charge in [-0.05, 0) is 91.2 Å². The van der Waals surface area contributed by atoms with Gasteiger partial charge in [0.2, 0.25) is 0 Å². The zero-order chi connectivity index (χ0) is 40.8. The second-order valence-electron chi connectivity index (χ2n) is 16.3. The van der Waals surface area contributed by atoms with Crippen molar-refractivity contribution in [3.63, 3.8) is 0 Å². The smallest absolute Gasteiger partial charge is 0.164 e. The molecule has 2 aromatic heterocycles. The lowest BCUT2D eigenvalue weighted by Crippen LogP contribution is -2.26. The maximum atomic E-state index is 5.19. The number of hydrogen-bond donors (Lipinski definition) is 0. The van der Waals surface area contributed by atoms with E-state index in [4.69, 9.17) is 15.0 Å². The van der Waals surface area contributed by atoms with E-state index in [1.165, 1.54) is 77.3 Å². The van der Waals surface area contributed by atoms with Crippen molar-refractivity contribution in [2.24, 2.45) is 0 Å². The average molecular weight is 789 g/mol. The third kappa shape index (κ3) is 4.98. The highest BCUT2D eigenvalue weighted by atomic mass is 15.0. The van der Waals surface area contributed by atoms with Crippen LogP contribution in [0.5, 0.6) is 0 Å². The van der Waals surface area contributed by atoms with Gasteiger partial charge in [-0.25, -0.2) is 15.0 Å². The molecule has 2 aliphatic carbocycles. The number of nitrogens with zero attached hydrogens (tertiary/aromatic N) is 4. The maximum absolute atomic E-state index is 5.19. The molecule has 0 aliphatic heterocycles. The predicted molar refractivity (Wildman–Crippen MR) is 252 cm³/mol. The van der Waals surface area contributed by atoms with Crippen LogP contribution in [0, 0.1) is 0 Å². The van der Waals surface area contributed by atoms with Crippen LogP contribution >= 0.6 is 0 Å². The summed E-state index contributed by atoms with van der Waals surface area (Å²) in [6.45, 7) is 0. The standard InChI is InChI=1S/C58H36N4/c1-4-17-38(18-5-1)55-59-56(39-19-6-2-7-20-39)61-57(60-55)41-29-32-47-46-31-28-40(34-51(46)58(52(47)35-41)49-26-14-12-24-44(49)45-25-13-15-27-50(45)58)48-36-62(42-21-8-3-9-22-42)53-33-30-37-16-10-11-23-43(37)54(48)53/h1-36H. The van der Waals surface area contributed by atoms with Crippen molar-refractivity contribution in [3.8, 4) is 73.2 Å². The Morgan fingerprint density at radius 2 is 0.823 bits per heavy atom. The molecule has 0 saturated carbocycles. The summed E-state index contributed by atoms with van der Waals surface area (Å²) in [5.74, 6) is 1.94. The van der Waals surface area contributed by atoms with E-state index in [9.17, 15) is 0 Å². The van der Waals surface area contributed by atoms with Gasteiger partial charge in [-0.3, -0.25) is 0 Å². The first-order valence-corrected chi connectivity index (χ1v) is 21.2. The van der Waals surface area contributed by atoms with Crippen molar-refractivity contribution in [2.45, 2.75) is 5.41 Å². The second kappa shape index (κ2) is 13.4.